The Balaban J connectivity index is 3.51. The van der Waals surface area contributed by atoms with Gasteiger partial charge in [-0.25, -0.2) is 8.42 Å². The van der Waals surface area contributed by atoms with Gasteiger partial charge in [-0.2, -0.15) is 0 Å². The minimum absolute atomic E-state index is 0.125. The first kappa shape index (κ1) is 11.6. The Morgan fingerprint density at radius 3 is 2.36 bits per heavy atom. The van der Waals surface area contributed by atoms with Crippen molar-refractivity contribution < 1.29 is 13.2 Å². The van der Waals surface area contributed by atoms with Crippen LogP contribution in [0.15, 0.2) is 23.1 Å². The van der Waals surface area contributed by atoms with E-state index >= 15 is 0 Å². The van der Waals surface area contributed by atoms with E-state index < -0.39 is 9.84 Å². The van der Waals surface area contributed by atoms with Gasteiger partial charge in [-0.1, -0.05) is 12.1 Å². The van der Waals surface area contributed by atoms with E-state index in [2.05, 4.69) is 0 Å². The second-order valence-corrected chi connectivity index (χ2v) is 6.01. The van der Waals surface area contributed by atoms with E-state index in [9.17, 15) is 13.2 Å². The lowest BCUT2D eigenvalue weighted by molar-refractivity contribution is 0.101. The van der Waals surface area contributed by atoms with Crippen LogP contribution in [-0.2, 0) is 9.84 Å². The van der Waals surface area contributed by atoms with Crippen LogP contribution in [0, 0.1) is 3.57 Å². The van der Waals surface area contributed by atoms with Crippen LogP contribution in [-0.4, -0.2) is 20.5 Å². The summed E-state index contributed by atoms with van der Waals surface area (Å²) >= 11 is 1.88. The Kier molecular flexibility index (Phi) is 3.31. The van der Waals surface area contributed by atoms with Crippen LogP contribution in [0.5, 0.6) is 0 Å². The summed E-state index contributed by atoms with van der Waals surface area (Å²) in [5.41, 5.74) is 0.452. The summed E-state index contributed by atoms with van der Waals surface area (Å²) in [4.78, 5) is 11.4. The van der Waals surface area contributed by atoms with Crippen molar-refractivity contribution in [3.63, 3.8) is 0 Å². The zero-order valence-corrected chi connectivity index (χ0v) is 10.7. The molecule has 1 aromatic rings. The van der Waals surface area contributed by atoms with E-state index in [4.69, 9.17) is 0 Å². The SMILES string of the molecule is CC(=O)c1cccc(S(C)(=O)=O)c1I. The number of halogens is 1. The van der Waals surface area contributed by atoms with Crippen molar-refractivity contribution in [1.82, 2.24) is 0 Å². The van der Waals surface area contributed by atoms with Gasteiger partial charge in [0, 0.05) is 15.4 Å². The lowest BCUT2D eigenvalue weighted by atomic mass is 10.2. The molecule has 0 fully saturated rings. The van der Waals surface area contributed by atoms with Crippen LogP contribution in [0.25, 0.3) is 0 Å². The van der Waals surface area contributed by atoms with Crippen molar-refractivity contribution in [2.45, 2.75) is 11.8 Å². The van der Waals surface area contributed by atoms with E-state index in [1.807, 2.05) is 22.6 Å². The molecule has 0 aliphatic carbocycles. The number of ketones is 1. The summed E-state index contributed by atoms with van der Waals surface area (Å²) in [6, 6.07) is 4.71. The highest BCUT2D eigenvalue weighted by Crippen LogP contribution is 2.22. The van der Waals surface area contributed by atoms with Crippen LogP contribution in [0.2, 0.25) is 0 Å². The molecule has 0 aliphatic rings. The molecule has 0 N–H and O–H groups in total. The fourth-order valence-corrected chi connectivity index (χ4v) is 3.77. The second kappa shape index (κ2) is 3.98. The van der Waals surface area contributed by atoms with Crippen molar-refractivity contribution in [3.8, 4) is 0 Å². The molecule has 0 spiro atoms. The smallest absolute Gasteiger partial charge is 0.176 e. The molecule has 5 heteroatoms. The maximum Gasteiger partial charge on any atom is 0.176 e. The Morgan fingerprint density at radius 2 is 1.93 bits per heavy atom. The Labute approximate surface area is 96.6 Å². The number of Topliss-reactive ketones (excluding diaryl/α,β-unsaturated/α-hetero) is 1. The number of sulfone groups is 1. The van der Waals surface area contributed by atoms with Crippen molar-refractivity contribution in [1.29, 1.82) is 0 Å². The molecule has 0 radical (unpaired) electrons. The molecule has 76 valence electrons. The van der Waals surface area contributed by atoms with Gasteiger partial charge in [0.1, 0.15) is 0 Å². The number of rotatable bonds is 2. The van der Waals surface area contributed by atoms with Gasteiger partial charge in [0.2, 0.25) is 0 Å². The number of hydrogen-bond acceptors (Lipinski definition) is 3. The molecule has 0 heterocycles. The number of hydrogen-bond donors (Lipinski definition) is 0. The normalized spacial score (nSPS) is 11.4. The average molecular weight is 324 g/mol. The molecule has 0 unspecified atom stereocenters. The first-order valence-electron chi connectivity index (χ1n) is 3.83. The topological polar surface area (TPSA) is 51.2 Å². The molecule has 0 bridgehead atoms. The third-order valence-corrected chi connectivity index (χ3v) is 4.41. The van der Waals surface area contributed by atoms with Gasteiger partial charge in [0.15, 0.2) is 15.6 Å². The maximum atomic E-state index is 11.3. The highest BCUT2D eigenvalue weighted by atomic mass is 127. The minimum Gasteiger partial charge on any atom is -0.294 e. The summed E-state index contributed by atoms with van der Waals surface area (Å²) in [7, 11) is -3.25. The molecule has 0 saturated carbocycles. The molecule has 1 aromatic carbocycles. The van der Waals surface area contributed by atoms with Gasteiger partial charge in [-0.05, 0) is 35.6 Å². The zero-order chi connectivity index (χ0) is 10.9. The minimum atomic E-state index is -3.25. The number of benzene rings is 1. The van der Waals surface area contributed by atoms with Crippen molar-refractivity contribution in [2.75, 3.05) is 6.26 Å². The fraction of sp³-hybridized carbons (Fsp3) is 0.222. The molecule has 0 amide bonds. The van der Waals surface area contributed by atoms with E-state index in [1.54, 1.807) is 12.1 Å². The molecular weight excluding hydrogens is 315 g/mol. The van der Waals surface area contributed by atoms with Crippen molar-refractivity contribution in [3.05, 3.63) is 27.3 Å². The quantitative estimate of drug-likeness (QED) is 0.617. The fourth-order valence-electron chi connectivity index (χ4n) is 1.07. The molecule has 1 rings (SSSR count). The Morgan fingerprint density at radius 1 is 1.36 bits per heavy atom. The van der Waals surface area contributed by atoms with E-state index in [0.29, 0.717) is 9.13 Å². The Bertz CT molecular complexity index is 477. The molecule has 0 saturated heterocycles. The molecule has 3 nitrogen and oxygen atoms in total. The van der Waals surface area contributed by atoms with Gasteiger partial charge in [0.05, 0.1) is 4.90 Å². The van der Waals surface area contributed by atoms with Gasteiger partial charge < -0.3 is 0 Å². The zero-order valence-electron chi connectivity index (χ0n) is 7.74. The predicted molar refractivity (Wildman–Crippen MR) is 62.3 cm³/mol. The van der Waals surface area contributed by atoms with E-state index in [-0.39, 0.29) is 10.7 Å². The van der Waals surface area contributed by atoms with Gasteiger partial charge in [-0.3, -0.25) is 4.79 Å². The number of carbonyl (C=O) groups excluding carboxylic acids is 1. The standard InChI is InChI=1S/C9H9IO3S/c1-6(11)7-4-3-5-8(9(7)10)14(2,12)13/h3-5H,1-2H3. The van der Waals surface area contributed by atoms with Crippen LogP contribution < -0.4 is 0 Å². The summed E-state index contributed by atoms with van der Waals surface area (Å²) in [5, 5.41) is 0. The van der Waals surface area contributed by atoms with E-state index in [0.717, 1.165) is 6.26 Å². The highest BCUT2D eigenvalue weighted by molar-refractivity contribution is 14.1. The monoisotopic (exact) mass is 324 g/mol. The molecular formula is C9H9IO3S. The molecule has 0 atom stereocenters. The third kappa shape index (κ3) is 2.33. The third-order valence-electron chi connectivity index (χ3n) is 1.74. The summed E-state index contributed by atoms with van der Waals surface area (Å²) in [6.45, 7) is 1.42. The lowest BCUT2D eigenvalue weighted by Gasteiger charge is -2.05. The lowest BCUT2D eigenvalue weighted by Crippen LogP contribution is -2.05. The predicted octanol–water partition coefficient (Wildman–Crippen LogP) is 1.90. The van der Waals surface area contributed by atoms with Gasteiger partial charge >= 0.3 is 0 Å². The second-order valence-electron chi connectivity index (χ2n) is 2.95. The molecule has 0 aliphatic heterocycles. The average Bonchev–Trinajstić information content (AvgIpc) is 2.01. The largest absolute Gasteiger partial charge is 0.294 e. The van der Waals surface area contributed by atoms with Gasteiger partial charge in [-0.15, -0.1) is 0 Å². The summed E-state index contributed by atoms with van der Waals surface area (Å²) in [6.07, 6.45) is 1.13. The van der Waals surface area contributed by atoms with E-state index in [1.165, 1.54) is 13.0 Å². The maximum absolute atomic E-state index is 11.3. The van der Waals surface area contributed by atoms with Crippen LogP contribution >= 0.6 is 22.6 Å². The summed E-state index contributed by atoms with van der Waals surface area (Å²) in [5.74, 6) is -0.125. The first-order chi connectivity index (χ1) is 6.34. The first-order valence-corrected chi connectivity index (χ1v) is 6.80. The van der Waals surface area contributed by atoms with Crippen molar-refractivity contribution in [2.24, 2.45) is 0 Å². The molecule has 0 aromatic heterocycles. The van der Waals surface area contributed by atoms with Crippen LogP contribution in [0.3, 0.4) is 0 Å². The van der Waals surface area contributed by atoms with Crippen LogP contribution in [0.4, 0.5) is 0 Å². The molecule has 14 heavy (non-hydrogen) atoms. The summed E-state index contributed by atoms with van der Waals surface area (Å²) < 4.78 is 23.1. The Hall–Kier alpha value is -0.430. The number of carbonyl (C=O) groups is 1. The van der Waals surface area contributed by atoms with Crippen molar-refractivity contribution >= 4 is 38.2 Å². The highest BCUT2D eigenvalue weighted by Gasteiger charge is 2.15. The van der Waals surface area contributed by atoms with Crippen LogP contribution in [0.1, 0.15) is 17.3 Å². The van der Waals surface area contributed by atoms with Gasteiger partial charge in [0.25, 0.3) is 0 Å².